The molecular formula is C21H18O5. The van der Waals surface area contributed by atoms with Gasteiger partial charge in [0.05, 0.1) is 5.56 Å². The van der Waals surface area contributed by atoms with Crippen molar-refractivity contribution in [3.05, 3.63) is 89.0 Å². The summed E-state index contributed by atoms with van der Waals surface area (Å²) in [5.41, 5.74) is 2.24. The monoisotopic (exact) mass is 350 g/mol. The molecule has 0 atom stereocenters. The molecule has 0 fully saturated rings. The first-order valence-electron chi connectivity index (χ1n) is 8.07. The van der Waals surface area contributed by atoms with Crippen molar-refractivity contribution < 1.29 is 24.9 Å². The maximum Gasteiger partial charge on any atom is 0.338 e. The summed E-state index contributed by atoms with van der Waals surface area (Å²) < 4.78 is 5.20. The summed E-state index contributed by atoms with van der Waals surface area (Å²) in [5, 5.41) is 29.3. The van der Waals surface area contributed by atoms with E-state index in [1.54, 1.807) is 18.2 Å². The van der Waals surface area contributed by atoms with Crippen LogP contribution in [0.5, 0.6) is 17.2 Å². The Balaban J connectivity index is 1.73. The molecule has 0 aliphatic rings. The number of hydrogen-bond donors (Lipinski definition) is 3. The second-order valence-corrected chi connectivity index (χ2v) is 5.87. The molecule has 5 heteroatoms. The lowest BCUT2D eigenvalue weighted by molar-refractivity contribution is 0.0469. The molecule has 0 aromatic heterocycles. The Morgan fingerprint density at radius 2 is 1.58 bits per heavy atom. The number of phenolic OH excluding ortho intramolecular Hbond substituents is 3. The summed E-state index contributed by atoms with van der Waals surface area (Å²) in [6, 6.07) is 18.6. The van der Waals surface area contributed by atoms with Gasteiger partial charge in [-0.15, -0.1) is 0 Å². The van der Waals surface area contributed by atoms with Crippen LogP contribution in [0.3, 0.4) is 0 Å². The average molecular weight is 350 g/mol. The number of ether oxygens (including phenoxy) is 1. The lowest BCUT2D eigenvalue weighted by Crippen LogP contribution is -2.06. The molecule has 132 valence electrons. The molecule has 3 aromatic carbocycles. The number of rotatable bonds is 5. The number of carbonyl (C=O) groups is 1. The summed E-state index contributed by atoms with van der Waals surface area (Å²) in [4.78, 5) is 12.3. The van der Waals surface area contributed by atoms with Gasteiger partial charge >= 0.3 is 5.97 Å². The molecule has 0 saturated carbocycles. The predicted molar refractivity (Wildman–Crippen MR) is 96.2 cm³/mol. The Morgan fingerprint density at radius 1 is 0.808 bits per heavy atom. The molecule has 0 aliphatic heterocycles. The number of aromatic hydroxyl groups is 3. The molecule has 3 aromatic rings. The fraction of sp³-hybridized carbons (Fsp3) is 0.0952. The fourth-order valence-corrected chi connectivity index (χ4v) is 2.59. The predicted octanol–water partition coefficient (Wildman–Crippen LogP) is 3.75. The number of phenols is 3. The third-order valence-electron chi connectivity index (χ3n) is 4.01. The van der Waals surface area contributed by atoms with Gasteiger partial charge in [-0.2, -0.15) is 0 Å². The molecular weight excluding hydrogens is 332 g/mol. The van der Waals surface area contributed by atoms with Crippen LogP contribution < -0.4 is 0 Å². The van der Waals surface area contributed by atoms with Gasteiger partial charge in [0.25, 0.3) is 0 Å². The summed E-state index contributed by atoms with van der Waals surface area (Å²) in [7, 11) is 0. The molecule has 0 heterocycles. The average Bonchev–Trinajstić information content (AvgIpc) is 2.65. The van der Waals surface area contributed by atoms with E-state index in [0.29, 0.717) is 23.1 Å². The van der Waals surface area contributed by atoms with Gasteiger partial charge in [0.15, 0.2) is 11.5 Å². The quantitative estimate of drug-likeness (QED) is 0.482. The van der Waals surface area contributed by atoms with Crippen LogP contribution in [0.4, 0.5) is 0 Å². The molecule has 26 heavy (non-hydrogen) atoms. The standard InChI is InChI=1S/C21H18O5/c22-18-10-9-15(12-17(18)11-14-5-2-1-3-6-14)21(25)26-13-16-7-4-8-19(23)20(16)24/h1-10,12,22-24H,11,13H2. The van der Waals surface area contributed by atoms with E-state index in [9.17, 15) is 20.1 Å². The SMILES string of the molecule is O=C(OCc1cccc(O)c1O)c1ccc(O)c(Cc2ccccc2)c1. The third-order valence-corrected chi connectivity index (χ3v) is 4.01. The van der Waals surface area contributed by atoms with E-state index in [4.69, 9.17) is 4.74 Å². The van der Waals surface area contributed by atoms with Crippen LogP contribution in [0.1, 0.15) is 27.0 Å². The summed E-state index contributed by atoms with van der Waals surface area (Å²) in [5.74, 6) is -1.05. The topological polar surface area (TPSA) is 87.0 Å². The van der Waals surface area contributed by atoms with Crippen molar-refractivity contribution in [1.29, 1.82) is 0 Å². The van der Waals surface area contributed by atoms with Crippen LogP contribution in [-0.4, -0.2) is 21.3 Å². The van der Waals surface area contributed by atoms with Gasteiger partial charge in [-0.1, -0.05) is 42.5 Å². The fourth-order valence-electron chi connectivity index (χ4n) is 2.59. The highest BCUT2D eigenvalue weighted by Crippen LogP contribution is 2.29. The lowest BCUT2D eigenvalue weighted by atomic mass is 10.0. The Labute approximate surface area is 150 Å². The van der Waals surface area contributed by atoms with Crippen LogP contribution >= 0.6 is 0 Å². The first kappa shape index (κ1) is 17.4. The van der Waals surface area contributed by atoms with Gasteiger partial charge in [0.1, 0.15) is 12.4 Å². The number of para-hydroxylation sites is 1. The third kappa shape index (κ3) is 3.95. The molecule has 0 amide bonds. The molecule has 0 unspecified atom stereocenters. The van der Waals surface area contributed by atoms with E-state index in [0.717, 1.165) is 5.56 Å². The Bertz CT molecular complexity index is 919. The van der Waals surface area contributed by atoms with Gasteiger partial charge in [-0.05, 0) is 35.4 Å². The van der Waals surface area contributed by atoms with E-state index in [1.165, 1.54) is 18.2 Å². The molecule has 0 bridgehead atoms. The lowest BCUT2D eigenvalue weighted by Gasteiger charge is -2.10. The Hall–Kier alpha value is -3.47. The molecule has 5 nitrogen and oxygen atoms in total. The van der Waals surface area contributed by atoms with E-state index in [-0.39, 0.29) is 23.9 Å². The summed E-state index contributed by atoms with van der Waals surface area (Å²) >= 11 is 0. The molecule has 3 rings (SSSR count). The number of carbonyl (C=O) groups excluding carboxylic acids is 1. The maximum atomic E-state index is 12.3. The first-order chi connectivity index (χ1) is 12.5. The van der Waals surface area contributed by atoms with Crippen molar-refractivity contribution in [2.45, 2.75) is 13.0 Å². The van der Waals surface area contributed by atoms with Crippen molar-refractivity contribution in [3.63, 3.8) is 0 Å². The molecule has 0 spiro atoms. The van der Waals surface area contributed by atoms with E-state index < -0.39 is 5.97 Å². The van der Waals surface area contributed by atoms with E-state index in [1.807, 2.05) is 30.3 Å². The Kier molecular flexibility index (Phi) is 5.08. The molecule has 0 radical (unpaired) electrons. The highest BCUT2D eigenvalue weighted by Gasteiger charge is 2.13. The van der Waals surface area contributed by atoms with Gasteiger partial charge in [0.2, 0.25) is 0 Å². The smallest absolute Gasteiger partial charge is 0.338 e. The minimum Gasteiger partial charge on any atom is -0.508 e. The zero-order valence-electron chi connectivity index (χ0n) is 13.9. The zero-order chi connectivity index (χ0) is 18.5. The molecule has 0 saturated heterocycles. The maximum absolute atomic E-state index is 12.3. The van der Waals surface area contributed by atoms with Crippen LogP contribution in [0.25, 0.3) is 0 Å². The number of benzene rings is 3. The minimum absolute atomic E-state index is 0.107. The number of esters is 1. The normalized spacial score (nSPS) is 10.5. The van der Waals surface area contributed by atoms with Crippen molar-refractivity contribution in [2.24, 2.45) is 0 Å². The first-order valence-corrected chi connectivity index (χ1v) is 8.07. The van der Waals surface area contributed by atoms with Gasteiger partial charge in [0, 0.05) is 12.0 Å². The van der Waals surface area contributed by atoms with Crippen molar-refractivity contribution in [2.75, 3.05) is 0 Å². The van der Waals surface area contributed by atoms with Crippen molar-refractivity contribution in [1.82, 2.24) is 0 Å². The van der Waals surface area contributed by atoms with Crippen LogP contribution in [0.2, 0.25) is 0 Å². The minimum atomic E-state index is -0.581. The van der Waals surface area contributed by atoms with E-state index in [2.05, 4.69) is 0 Å². The summed E-state index contributed by atoms with van der Waals surface area (Å²) in [6.07, 6.45) is 0.487. The second kappa shape index (κ2) is 7.61. The van der Waals surface area contributed by atoms with Gasteiger partial charge in [-0.3, -0.25) is 0 Å². The van der Waals surface area contributed by atoms with Crippen LogP contribution in [0.15, 0.2) is 66.7 Å². The highest BCUT2D eigenvalue weighted by atomic mass is 16.5. The van der Waals surface area contributed by atoms with E-state index >= 15 is 0 Å². The van der Waals surface area contributed by atoms with Crippen LogP contribution in [0, 0.1) is 0 Å². The molecule has 0 aliphatic carbocycles. The van der Waals surface area contributed by atoms with Crippen LogP contribution in [-0.2, 0) is 17.8 Å². The van der Waals surface area contributed by atoms with Crippen molar-refractivity contribution in [3.8, 4) is 17.2 Å². The zero-order valence-corrected chi connectivity index (χ0v) is 13.9. The molecule has 3 N–H and O–H groups in total. The van der Waals surface area contributed by atoms with Gasteiger partial charge < -0.3 is 20.1 Å². The number of hydrogen-bond acceptors (Lipinski definition) is 5. The van der Waals surface area contributed by atoms with Gasteiger partial charge in [-0.25, -0.2) is 4.79 Å². The summed E-state index contributed by atoms with van der Waals surface area (Å²) in [6.45, 7) is -0.173. The second-order valence-electron chi connectivity index (χ2n) is 5.87. The Morgan fingerprint density at radius 3 is 2.35 bits per heavy atom. The largest absolute Gasteiger partial charge is 0.508 e. The highest BCUT2D eigenvalue weighted by molar-refractivity contribution is 5.90. The van der Waals surface area contributed by atoms with Crippen molar-refractivity contribution >= 4 is 5.97 Å².